The molecule has 0 saturated carbocycles. The third-order valence-electron chi connectivity index (χ3n) is 2.72. The summed E-state index contributed by atoms with van der Waals surface area (Å²) in [5, 5.41) is 9.02. The lowest BCUT2D eigenvalue weighted by Gasteiger charge is -2.18. The Hall–Kier alpha value is -0.940. The predicted octanol–water partition coefficient (Wildman–Crippen LogP) is 4.11. The second-order valence-electron chi connectivity index (χ2n) is 3.94. The monoisotopic (exact) mass is 219 g/mol. The summed E-state index contributed by atoms with van der Waals surface area (Å²) in [7, 11) is 0. The zero-order valence-corrected chi connectivity index (χ0v) is 10.2. The highest BCUT2D eigenvalue weighted by molar-refractivity contribution is 7.99. The van der Waals surface area contributed by atoms with Crippen molar-refractivity contribution in [2.75, 3.05) is 5.75 Å². The third kappa shape index (κ3) is 3.97. The number of hydrogen-bond donors (Lipinski definition) is 0. The molecule has 1 rings (SSSR count). The van der Waals surface area contributed by atoms with Crippen LogP contribution in [0.3, 0.4) is 0 Å². The van der Waals surface area contributed by atoms with Crippen molar-refractivity contribution >= 4 is 11.8 Å². The van der Waals surface area contributed by atoms with E-state index in [2.05, 4.69) is 25.1 Å². The lowest BCUT2D eigenvalue weighted by Crippen LogP contribution is -2.12. The van der Waals surface area contributed by atoms with Crippen molar-refractivity contribution in [2.45, 2.75) is 31.6 Å². The lowest BCUT2D eigenvalue weighted by molar-refractivity contribution is 0.413. The van der Waals surface area contributed by atoms with Crippen LogP contribution in [-0.2, 0) is 0 Å². The molecule has 0 spiro atoms. The molecule has 0 fully saturated rings. The first-order chi connectivity index (χ1) is 7.20. The maximum Gasteiger partial charge on any atom is 0.0687 e. The van der Waals surface area contributed by atoms with Crippen molar-refractivity contribution in [3.63, 3.8) is 0 Å². The number of benzene rings is 1. The van der Waals surface area contributed by atoms with Gasteiger partial charge in [0.25, 0.3) is 0 Å². The highest BCUT2D eigenvalue weighted by Gasteiger charge is 2.20. The van der Waals surface area contributed by atoms with Gasteiger partial charge in [0.2, 0.25) is 0 Å². The van der Waals surface area contributed by atoms with Crippen molar-refractivity contribution in [1.82, 2.24) is 0 Å². The van der Waals surface area contributed by atoms with E-state index in [4.69, 9.17) is 5.26 Å². The molecule has 0 amide bonds. The van der Waals surface area contributed by atoms with Crippen LogP contribution in [0.4, 0.5) is 0 Å². The molecule has 1 aromatic carbocycles. The molecule has 0 bridgehead atoms. The van der Waals surface area contributed by atoms with E-state index in [0.717, 1.165) is 18.6 Å². The molecule has 0 heterocycles. The average Bonchev–Trinajstić information content (AvgIpc) is 2.30. The second-order valence-corrected chi connectivity index (χ2v) is 5.11. The van der Waals surface area contributed by atoms with Gasteiger partial charge in [-0.25, -0.2) is 0 Å². The maximum absolute atomic E-state index is 9.02. The summed E-state index contributed by atoms with van der Waals surface area (Å²) >= 11 is 1.83. The Kier molecular flexibility index (Phi) is 4.71. The molecule has 1 atom stereocenters. The Morgan fingerprint density at radius 2 is 2.00 bits per heavy atom. The van der Waals surface area contributed by atoms with Gasteiger partial charge in [-0.2, -0.15) is 5.26 Å². The quantitative estimate of drug-likeness (QED) is 0.696. The van der Waals surface area contributed by atoms with E-state index >= 15 is 0 Å². The highest BCUT2D eigenvalue weighted by Crippen LogP contribution is 2.28. The molecule has 1 unspecified atom stereocenters. The summed E-state index contributed by atoms with van der Waals surface area (Å²) in [4.78, 5) is 1.29. The van der Waals surface area contributed by atoms with Crippen LogP contribution in [0.25, 0.3) is 0 Å². The normalized spacial score (nSPS) is 14.2. The van der Waals surface area contributed by atoms with Gasteiger partial charge in [0, 0.05) is 4.90 Å². The summed E-state index contributed by atoms with van der Waals surface area (Å²) in [6, 6.07) is 12.7. The molecule has 2 heteroatoms. The van der Waals surface area contributed by atoms with Crippen molar-refractivity contribution in [2.24, 2.45) is 5.41 Å². The van der Waals surface area contributed by atoms with E-state index in [1.807, 2.05) is 36.9 Å². The Labute approximate surface area is 96.5 Å². The molecule has 1 aromatic rings. The van der Waals surface area contributed by atoms with Crippen LogP contribution in [-0.4, -0.2) is 5.75 Å². The Balaban J connectivity index is 2.37. The van der Waals surface area contributed by atoms with Gasteiger partial charge in [-0.3, -0.25) is 0 Å². The molecule has 0 N–H and O–H groups in total. The minimum atomic E-state index is -0.151. The van der Waals surface area contributed by atoms with Crippen LogP contribution in [0, 0.1) is 16.7 Å². The fraction of sp³-hybridized carbons (Fsp3) is 0.462. The van der Waals surface area contributed by atoms with Gasteiger partial charge in [-0.1, -0.05) is 25.1 Å². The molecule has 0 aliphatic heterocycles. The van der Waals surface area contributed by atoms with Crippen LogP contribution >= 0.6 is 11.8 Å². The first-order valence-corrected chi connectivity index (χ1v) is 6.28. The Bertz CT molecular complexity index is 328. The van der Waals surface area contributed by atoms with Gasteiger partial charge < -0.3 is 0 Å². The molecule has 1 nitrogen and oxygen atoms in total. The number of hydrogen-bond acceptors (Lipinski definition) is 2. The van der Waals surface area contributed by atoms with Crippen molar-refractivity contribution in [3.8, 4) is 6.07 Å². The molecule has 0 aromatic heterocycles. The zero-order chi connectivity index (χ0) is 11.1. The molecule has 0 aliphatic carbocycles. The second kappa shape index (κ2) is 5.82. The van der Waals surface area contributed by atoms with Gasteiger partial charge in [-0.05, 0) is 37.7 Å². The van der Waals surface area contributed by atoms with E-state index in [9.17, 15) is 0 Å². The van der Waals surface area contributed by atoms with Gasteiger partial charge in [0.15, 0.2) is 0 Å². The number of thioether (sulfide) groups is 1. The van der Waals surface area contributed by atoms with Gasteiger partial charge in [-0.15, -0.1) is 11.8 Å². The highest BCUT2D eigenvalue weighted by atomic mass is 32.2. The fourth-order valence-electron chi connectivity index (χ4n) is 1.22. The minimum absolute atomic E-state index is 0.151. The fourth-order valence-corrected chi connectivity index (χ4v) is 2.36. The van der Waals surface area contributed by atoms with E-state index < -0.39 is 0 Å². The largest absolute Gasteiger partial charge is 0.198 e. The molecule has 0 saturated heterocycles. The Morgan fingerprint density at radius 3 is 2.53 bits per heavy atom. The van der Waals surface area contributed by atoms with Crippen LogP contribution in [0.1, 0.15) is 26.7 Å². The number of nitrogens with zero attached hydrogens (tertiary/aromatic N) is 1. The lowest BCUT2D eigenvalue weighted by atomic mass is 9.87. The summed E-state index contributed by atoms with van der Waals surface area (Å²) in [6.45, 7) is 4.12. The summed E-state index contributed by atoms with van der Waals surface area (Å²) in [5.74, 6) is 1.02. The predicted molar refractivity (Wildman–Crippen MR) is 65.8 cm³/mol. The summed E-state index contributed by atoms with van der Waals surface area (Å²) < 4.78 is 0. The first-order valence-electron chi connectivity index (χ1n) is 5.29. The van der Waals surface area contributed by atoms with E-state index in [1.54, 1.807) is 0 Å². The van der Waals surface area contributed by atoms with E-state index in [-0.39, 0.29) is 5.41 Å². The summed E-state index contributed by atoms with van der Waals surface area (Å²) in [6.07, 6.45) is 1.89. The van der Waals surface area contributed by atoms with Gasteiger partial charge in [0.05, 0.1) is 11.5 Å². The van der Waals surface area contributed by atoms with Crippen LogP contribution in [0.2, 0.25) is 0 Å². The van der Waals surface area contributed by atoms with Crippen LogP contribution < -0.4 is 0 Å². The zero-order valence-electron chi connectivity index (χ0n) is 9.36. The maximum atomic E-state index is 9.02. The van der Waals surface area contributed by atoms with Gasteiger partial charge in [0.1, 0.15) is 0 Å². The molecular weight excluding hydrogens is 202 g/mol. The topological polar surface area (TPSA) is 23.8 Å². The van der Waals surface area contributed by atoms with Gasteiger partial charge >= 0.3 is 0 Å². The Morgan fingerprint density at radius 1 is 1.33 bits per heavy atom. The average molecular weight is 219 g/mol. The molecule has 80 valence electrons. The van der Waals surface area contributed by atoms with Crippen molar-refractivity contribution in [1.29, 1.82) is 5.26 Å². The SMILES string of the molecule is CCC(C)(C#N)CCSc1ccccc1. The van der Waals surface area contributed by atoms with Crippen molar-refractivity contribution in [3.05, 3.63) is 30.3 Å². The molecular formula is C13H17NS. The third-order valence-corrected chi connectivity index (χ3v) is 3.73. The first kappa shape index (κ1) is 12.1. The van der Waals surface area contributed by atoms with Crippen molar-refractivity contribution < 1.29 is 0 Å². The number of rotatable bonds is 5. The standard InChI is InChI=1S/C13H17NS/c1-3-13(2,11-14)9-10-15-12-7-5-4-6-8-12/h4-8H,3,9-10H2,1-2H3. The van der Waals surface area contributed by atoms with Crippen LogP contribution in [0.15, 0.2) is 35.2 Å². The molecule has 0 radical (unpaired) electrons. The summed E-state index contributed by atoms with van der Waals surface area (Å²) in [5.41, 5.74) is -0.151. The van der Waals surface area contributed by atoms with Crippen LogP contribution in [0.5, 0.6) is 0 Å². The smallest absolute Gasteiger partial charge is 0.0687 e. The van der Waals surface area contributed by atoms with E-state index in [1.165, 1.54) is 4.90 Å². The molecule has 15 heavy (non-hydrogen) atoms. The number of nitriles is 1. The van der Waals surface area contributed by atoms with E-state index in [0.29, 0.717) is 0 Å². The molecule has 0 aliphatic rings. The minimum Gasteiger partial charge on any atom is -0.198 e.